The molecular formula is C17H23N7O2. The van der Waals surface area contributed by atoms with Gasteiger partial charge in [0, 0.05) is 31.9 Å². The van der Waals surface area contributed by atoms with Crippen LogP contribution in [-0.4, -0.2) is 58.0 Å². The molecule has 2 N–H and O–H groups in total. The zero-order valence-electron chi connectivity index (χ0n) is 15.0. The van der Waals surface area contributed by atoms with E-state index in [1.165, 1.54) is 11.9 Å². The average Bonchev–Trinajstić information content (AvgIpc) is 2.64. The van der Waals surface area contributed by atoms with Gasteiger partial charge in [-0.05, 0) is 31.2 Å². The zero-order chi connectivity index (χ0) is 18.5. The van der Waals surface area contributed by atoms with Crippen LogP contribution in [-0.2, 0) is 6.42 Å². The Hall–Kier alpha value is -2.78. The molecule has 0 aliphatic carbocycles. The molecule has 1 aliphatic heterocycles. The molecule has 138 valence electrons. The number of rotatable bonds is 6. The molecule has 0 bridgehead atoms. The molecule has 0 saturated carbocycles. The first-order valence-electron chi connectivity index (χ1n) is 8.62. The molecule has 1 fully saturated rings. The highest BCUT2D eigenvalue weighted by molar-refractivity contribution is 5.73. The van der Waals surface area contributed by atoms with Crippen LogP contribution >= 0.6 is 0 Å². The predicted molar refractivity (Wildman–Crippen MR) is 100 cm³/mol. The summed E-state index contributed by atoms with van der Waals surface area (Å²) in [7, 11) is 2.05. The summed E-state index contributed by atoms with van der Waals surface area (Å²) in [5, 5.41) is 16.6. The average molecular weight is 357 g/mol. The molecule has 26 heavy (non-hydrogen) atoms. The molecule has 1 aromatic heterocycles. The maximum absolute atomic E-state index is 11.6. The van der Waals surface area contributed by atoms with Crippen LogP contribution in [0.2, 0.25) is 0 Å². The van der Waals surface area contributed by atoms with Crippen molar-refractivity contribution in [1.82, 2.24) is 19.9 Å². The molecule has 1 saturated heterocycles. The van der Waals surface area contributed by atoms with Gasteiger partial charge in [0.2, 0.25) is 11.6 Å². The van der Waals surface area contributed by atoms with Crippen molar-refractivity contribution in [2.75, 3.05) is 44.0 Å². The predicted octanol–water partition coefficient (Wildman–Crippen LogP) is 2.27. The number of aromatic nitrogens is 2. The van der Waals surface area contributed by atoms with Gasteiger partial charge in [0.1, 0.15) is 6.33 Å². The monoisotopic (exact) mass is 357 g/mol. The number of likely N-dealkylation sites (N-methyl/N-ethyl adjacent to an activating group) is 1. The number of benzene rings is 1. The van der Waals surface area contributed by atoms with Crippen molar-refractivity contribution < 1.29 is 4.92 Å². The highest BCUT2D eigenvalue weighted by Gasteiger charge is 2.25. The molecule has 9 nitrogen and oxygen atoms in total. The molecule has 0 radical (unpaired) electrons. The summed E-state index contributed by atoms with van der Waals surface area (Å²) < 4.78 is 0. The first kappa shape index (κ1) is 18.0. The van der Waals surface area contributed by atoms with Crippen LogP contribution in [0.5, 0.6) is 0 Å². The van der Waals surface area contributed by atoms with Gasteiger partial charge in [-0.2, -0.15) is 0 Å². The highest BCUT2D eigenvalue weighted by atomic mass is 16.6. The molecule has 0 atom stereocenters. The number of piperazine rings is 1. The van der Waals surface area contributed by atoms with Gasteiger partial charge in [0.15, 0.2) is 0 Å². The minimum atomic E-state index is -0.457. The number of aryl methyl sites for hydroxylation is 1. The van der Waals surface area contributed by atoms with Crippen LogP contribution in [0.15, 0.2) is 30.6 Å². The summed E-state index contributed by atoms with van der Waals surface area (Å²) in [6, 6.07) is 7.74. The van der Waals surface area contributed by atoms with Gasteiger partial charge in [-0.15, -0.1) is 0 Å². The van der Waals surface area contributed by atoms with Gasteiger partial charge in [0.05, 0.1) is 4.92 Å². The summed E-state index contributed by atoms with van der Waals surface area (Å²) in [5.74, 6) is 0.369. The first-order valence-corrected chi connectivity index (χ1v) is 8.62. The van der Waals surface area contributed by atoms with Crippen LogP contribution in [0.3, 0.4) is 0 Å². The van der Waals surface area contributed by atoms with Crippen LogP contribution in [0.4, 0.5) is 23.0 Å². The lowest BCUT2D eigenvalue weighted by atomic mass is 10.1. The minimum Gasteiger partial charge on any atom is -0.334 e. The first-order chi connectivity index (χ1) is 12.6. The topological polar surface area (TPSA) is 99.5 Å². The summed E-state index contributed by atoms with van der Waals surface area (Å²) in [6.07, 6.45) is 2.27. The third-order valence-corrected chi connectivity index (χ3v) is 4.40. The van der Waals surface area contributed by atoms with Gasteiger partial charge in [-0.1, -0.05) is 19.1 Å². The Bertz CT molecular complexity index is 758. The Labute approximate surface area is 152 Å². The lowest BCUT2D eigenvalue weighted by Gasteiger charge is -2.32. The molecular weight excluding hydrogens is 334 g/mol. The molecule has 1 aromatic carbocycles. The van der Waals surface area contributed by atoms with E-state index in [-0.39, 0.29) is 17.3 Å². The van der Waals surface area contributed by atoms with Crippen molar-refractivity contribution in [1.29, 1.82) is 0 Å². The largest absolute Gasteiger partial charge is 0.354 e. The highest BCUT2D eigenvalue weighted by Crippen LogP contribution is 2.31. The standard InChI is InChI=1S/C17H23N7O2/c1-3-13-4-6-14(7-5-13)20-16-15(24(25)26)17(19-12-18-16)21-23-10-8-22(2)9-11-23/h4-7,12H,3,8-11H2,1-2H3,(H2,18,19,20,21). The van der Waals surface area contributed by atoms with Crippen molar-refractivity contribution >= 4 is 23.0 Å². The molecule has 1 aliphatic rings. The van der Waals surface area contributed by atoms with E-state index in [4.69, 9.17) is 0 Å². The van der Waals surface area contributed by atoms with Crippen molar-refractivity contribution in [3.05, 3.63) is 46.3 Å². The van der Waals surface area contributed by atoms with Gasteiger partial charge < -0.3 is 10.2 Å². The number of hydrogen-bond donors (Lipinski definition) is 2. The normalized spacial score (nSPS) is 15.6. The molecule has 0 spiro atoms. The quantitative estimate of drug-likeness (QED) is 0.600. The van der Waals surface area contributed by atoms with Crippen molar-refractivity contribution in [2.24, 2.45) is 0 Å². The smallest absolute Gasteiger partial charge is 0.334 e. The number of nitro groups is 1. The van der Waals surface area contributed by atoms with E-state index in [0.29, 0.717) is 0 Å². The Morgan fingerprint density at radius 3 is 2.38 bits per heavy atom. The molecule has 3 rings (SSSR count). The van der Waals surface area contributed by atoms with Gasteiger partial charge >= 0.3 is 5.69 Å². The van der Waals surface area contributed by atoms with E-state index in [1.807, 2.05) is 29.3 Å². The van der Waals surface area contributed by atoms with E-state index in [0.717, 1.165) is 38.3 Å². The second-order valence-corrected chi connectivity index (χ2v) is 6.25. The number of nitrogens with one attached hydrogen (secondary N) is 2. The van der Waals surface area contributed by atoms with Gasteiger partial charge in [-0.25, -0.2) is 15.0 Å². The van der Waals surface area contributed by atoms with E-state index >= 15 is 0 Å². The van der Waals surface area contributed by atoms with Crippen molar-refractivity contribution in [3.63, 3.8) is 0 Å². The van der Waals surface area contributed by atoms with Crippen molar-refractivity contribution in [3.8, 4) is 0 Å². The fraction of sp³-hybridized carbons (Fsp3) is 0.412. The Kier molecular flexibility index (Phi) is 5.59. The maximum atomic E-state index is 11.6. The number of hydrazine groups is 1. The Balaban J connectivity index is 1.82. The van der Waals surface area contributed by atoms with Crippen LogP contribution in [0, 0.1) is 10.1 Å². The molecule has 9 heteroatoms. The summed E-state index contributed by atoms with van der Waals surface area (Å²) in [5.41, 5.74) is 4.85. The number of anilines is 3. The fourth-order valence-corrected chi connectivity index (χ4v) is 2.75. The number of nitrogens with zero attached hydrogens (tertiary/aromatic N) is 5. The lowest BCUT2D eigenvalue weighted by molar-refractivity contribution is -0.383. The van der Waals surface area contributed by atoms with Crippen LogP contribution in [0.1, 0.15) is 12.5 Å². The second kappa shape index (κ2) is 8.07. The third kappa shape index (κ3) is 4.24. The molecule has 2 heterocycles. The number of hydrogen-bond acceptors (Lipinski definition) is 8. The molecule has 0 amide bonds. The summed E-state index contributed by atoms with van der Waals surface area (Å²) in [4.78, 5) is 21.6. The third-order valence-electron chi connectivity index (χ3n) is 4.40. The van der Waals surface area contributed by atoms with Gasteiger partial charge in [-0.3, -0.25) is 15.5 Å². The van der Waals surface area contributed by atoms with E-state index in [9.17, 15) is 10.1 Å². The van der Waals surface area contributed by atoms with Crippen molar-refractivity contribution in [2.45, 2.75) is 13.3 Å². The SMILES string of the molecule is CCc1ccc(Nc2ncnc(NN3CCN(C)CC3)c2[N+](=O)[O-])cc1. The summed E-state index contributed by atoms with van der Waals surface area (Å²) in [6.45, 7) is 5.38. The summed E-state index contributed by atoms with van der Waals surface area (Å²) >= 11 is 0. The Morgan fingerprint density at radius 1 is 1.12 bits per heavy atom. The van der Waals surface area contributed by atoms with Gasteiger partial charge in [0.25, 0.3) is 0 Å². The minimum absolute atomic E-state index is 0.161. The maximum Gasteiger partial charge on any atom is 0.354 e. The molecule has 0 unspecified atom stereocenters. The lowest BCUT2D eigenvalue weighted by Crippen LogP contribution is -2.47. The van der Waals surface area contributed by atoms with Crippen LogP contribution < -0.4 is 10.7 Å². The van der Waals surface area contributed by atoms with Crippen LogP contribution in [0.25, 0.3) is 0 Å². The molecule has 2 aromatic rings. The van der Waals surface area contributed by atoms with E-state index < -0.39 is 4.92 Å². The van der Waals surface area contributed by atoms with E-state index in [1.54, 1.807) is 0 Å². The zero-order valence-corrected chi connectivity index (χ0v) is 15.0. The second-order valence-electron chi connectivity index (χ2n) is 6.25. The Morgan fingerprint density at radius 2 is 1.77 bits per heavy atom. The van der Waals surface area contributed by atoms with E-state index in [2.05, 4.69) is 39.6 Å². The fourth-order valence-electron chi connectivity index (χ4n) is 2.75.